The molecule has 1 rings (SSSR count). The van der Waals surface area contributed by atoms with Crippen molar-refractivity contribution >= 4 is 11.7 Å². The summed E-state index contributed by atoms with van der Waals surface area (Å²) >= 11 is 0. The molecule has 0 aliphatic carbocycles. The number of aromatic nitrogens is 2. The summed E-state index contributed by atoms with van der Waals surface area (Å²) in [6.45, 7) is 1.80. The van der Waals surface area contributed by atoms with Crippen molar-refractivity contribution in [1.29, 1.82) is 0 Å². The molecule has 16 heavy (non-hydrogen) atoms. The fourth-order valence-electron chi connectivity index (χ4n) is 1.20. The highest BCUT2D eigenvalue weighted by Crippen LogP contribution is 1.97. The van der Waals surface area contributed by atoms with Gasteiger partial charge in [0, 0.05) is 26.3 Å². The molecule has 1 aromatic heterocycles. The van der Waals surface area contributed by atoms with Gasteiger partial charge in [-0.3, -0.25) is 9.48 Å². The van der Waals surface area contributed by atoms with Gasteiger partial charge in [0.15, 0.2) is 0 Å². The van der Waals surface area contributed by atoms with Gasteiger partial charge in [-0.15, -0.1) is 0 Å². The van der Waals surface area contributed by atoms with Crippen LogP contribution in [-0.2, 0) is 11.3 Å². The highest BCUT2D eigenvalue weighted by molar-refractivity contribution is 5.75. The average Bonchev–Trinajstić information content (AvgIpc) is 2.60. The topological polar surface area (TPSA) is 67.4 Å². The minimum atomic E-state index is 0.0324. The number of anilines is 1. The third-order valence-corrected chi connectivity index (χ3v) is 2.27. The number of carbonyl (C=O) groups is 1. The first kappa shape index (κ1) is 12.5. The molecule has 0 unspecified atom stereocenters. The molecular formula is C10H19N5O. The summed E-state index contributed by atoms with van der Waals surface area (Å²) < 4.78 is 1.55. The second kappa shape index (κ2) is 5.50. The van der Waals surface area contributed by atoms with E-state index in [2.05, 4.69) is 5.10 Å². The van der Waals surface area contributed by atoms with Crippen LogP contribution in [0.25, 0.3) is 0 Å². The van der Waals surface area contributed by atoms with E-state index in [1.165, 1.54) is 0 Å². The normalized spacial score (nSPS) is 10.8. The SMILES string of the molecule is CN(C)CCN(C)C(=O)Cn1ccc(N)n1. The summed E-state index contributed by atoms with van der Waals surface area (Å²) in [7, 11) is 5.75. The molecule has 90 valence electrons. The van der Waals surface area contributed by atoms with Gasteiger partial charge in [-0.25, -0.2) is 0 Å². The molecule has 0 saturated carbocycles. The molecule has 0 atom stereocenters. The van der Waals surface area contributed by atoms with E-state index < -0.39 is 0 Å². The van der Waals surface area contributed by atoms with Crippen molar-refractivity contribution in [1.82, 2.24) is 19.6 Å². The van der Waals surface area contributed by atoms with E-state index in [0.29, 0.717) is 12.4 Å². The van der Waals surface area contributed by atoms with Gasteiger partial charge in [-0.2, -0.15) is 5.10 Å². The zero-order valence-electron chi connectivity index (χ0n) is 10.1. The summed E-state index contributed by atoms with van der Waals surface area (Å²) in [5.41, 5.74) is 5.47. The first-order valence-corrected chi connectivity index (χ1v) is 5.16. The third-order valence-electron chi connectivity index (χ3n) is 2.27. The van der Waals surface area contributed by atoms with Crippen molar-refractivity contribution < 1.29 is 4.79 Å². The Hall–Kier alpha value is -1.56. The molecule has 0 aromatic carbocycles. The Morgan fingerprint density at radius 2 is 2.12 bits per heavy atom. The Morgan fingerprint density at radius 1 is 1.44 bits per heavy atom. The van der Waals surface area contributed by atoms with Crippen LogP contribution in [0.2, 0.25) is 0 Å². The van der Waals surface area contributed by atoms with E-state index in [1.54, 1.807) is 28.9 Å². The first-order valence-electron chi connectivity index (χ1n) is 5.16. The third kappa shape index (κ3) is 3.90. The smallest absolute Gasteiger partial charge is 0.244 e. The monoisotopic (exact) mass is 225 g/mol. The van der Waals surface area contributed by atoms with Gasteiger partial charge >= 0.3 is 0 Å². The minimum Gasteiger partial charge on any atom is -0.382 e. The summed E-state index contributed by atoms with van der Waals surface area (Å²) in [5.74, 6) is 0.466. The van der Waals surface area contributed by atoms with Crippen LogP contribution in [0.15, 0.2) is 12.3 Å². The number of nitrogens with two attached hydrogens (primary N) is 1. The lowest BCUT2D eigenvalue weighted by molar-refractivity contribution is -0.130. The highest BCUT2D eigenvalue weighted by Gasteiger charge is 2.09. The van der Waals surface area contributed by atoms with Crippen molar-refractivity contribution in [2.45, 2.75) is 6.54 Å². The lowest BCUT2D eigenvalue weighted by atomic mass is 10.4. The molecule has 0 bridgehead atoms. The molecule has 0 aliphatic rings. The Balaban J connectivity index is 2.39. The molecular weight excluding hydrogens is 206 g/mol. The van der Waals surface area contributed by atoms with Gasteiger partial charge in [0.05, 0.1) is 0 Å². The molecule has 0 fully saturated rings. The highest BCUT2D eigenvalue weighted by atomic mass is 16.2. The summed E-state index contributed by atoms with van der Waals surface area (Å²) in [4.78, 5) is 15.5. The van der Waals surface area contributed by atoms with E-state index >= 15 is 0 Å². The Labute approximate surface area is 95.6 Å². The van der Waals surface area contributed by atoms with Crippen LogP contribution in [-0.4, -0.2) is 59.7 Å². The maximum Gasteiger partial charge on any atom is 0.244 e. The molecule has 6 heteroatoms. The minimum absolute atomic E-state index is 0.0324. The van der Waals surface area contributed by atoms with E-state index in [9.17, 15) is 4.79 Å². The number of hydrogen-bond acceptors (Lipinski definition) is 4. The summed E-state index contributed by atoms with van der Waals surface area (Å²) in [6.07, 6.45) is 1.70. The number of likely N-dealkylation sites (N-methyl/N-ethyl adjacent to an activating group) is 2. The maximum absolute atomic E-state index is 11.7. The van der Waals surface area contributed by atoms with Crippen molar-refractivity contribution in [2.75, 3.05) is 40.0 Å². The van der Waals surface area contributed by atoms with Gasteiger partial charge in [0.2, 0.25) is 5.91 Å². The van der Waals surface area contributed by atoms with E-state index in [0.717, 1.165) is 6.54 Å². The van der Waals surface area contributed by atoms with Gasteiger partial charge < -0.3 is 15.5 Å². The number of rotatable bonds is 5. The Kier molecular flexibility index (Phi) is 4.30. The number of amides is 1. The molecule has 6 nitrogen and oxygen atoms in total. The number of carbonyl (C=O) groups excluding carboxylic acids is 1. The first-order chi connectivity index (χ1) is 7.49. The fraction of sp³-hybridized carbons (Fsp3) is 0.600. The molecule has 0 radical (unpaired) electrons. The van der Waals surface area contributed by atoms with Crippen LogP contribution in [0, 0.1) is 0 Å². The second-order valence-electron chi connectivity index (χ2n) is 4.06. The van der Waals surface area contributed by atoms with Crippen molar-refractivity contribution in [3.8, 4) is 0 Å². The summed E-state index contributed by atoms with van der Waals surface area (Å²) in [5, 5.41) is 3.96. The molecule has 0 saturated heterocycles. The average molecular weight is 225 g/mol. The van der Waals surface area contributed by atoms with Gasteiger partial charge in [0.25, 0.3) is 0 Å². The quantitative estimate of drug-likeness (QED) is 0.732. The number of nitrogen functional groups attached to an aromatic ring is 1. The van der Waals surface area contributed by atoms with Crippen molar-refractivity contribution in [2.24, 2.45) is 0 Å². The second-order valence-corrected chi connectivity index (χ2v) is 4.06. The van der Waals surface area contributed by atoms with Gasteiger partial charge in [0.1, 0.15) is 12.4 Å². The number of nitrogens with zero attached hydrogens (tertiary/aromatic N) is 4. The lowest BCUT2D eigenvalue weighted by Gasteiger charge is -2.19. The molecule has 1 aromatic rings. The van der Waals surface area contributed by atoms with Crippen molar-refractivity contribution in [3.05, 3.63) is 12.3 Å². The van der Waals surface area contributed by atoms with Crippen LogP contribution in [0.5, 0.6) is 0 Å². The zero-order chi connectivity index (χ0) is 12.1. The van der Waals surface area contributed by atoms with E-state index in [1.807, 2.05) is 19.0 Å². The Morgan fingerprint density at radius 3 is 2.62 bits per heavy atom. The van der Waals surface area contributed by atoms with E-state index in [-0.39, 0.29) is 12.5 Å². The largest absolute Gasteiger partial charge is 0.382 e. The zero-order valence-corrected chi connectivity index (χ0v) is 10.1. The van der Waals surface area contributed by atoms with E-state index in [4.69, 9.17) is 5.73 Å². The standard InChI is InChI=1S/C10H19N5O/c1-13(2)6-7-14(3)10(16)8-15-5-4-9(11)12-15/h4-5H,6-8H2,1-3H3,(H2,11,12). The Bertz CT molecular complexity index is 347. The summed E-state index contributed by atoms with van der Waals surface area (Å²) in [6, 6.07) is 1.67. The van der Waals surface area contributed by atoms with Crippen LogP contribution in [0.1, 0.15) is 0 Å². The fourth-order valence-corrected chi connectivity index (χ4v) is 1.20. The van der Waals surface area contributed by atoms with Crippen LogP contribution in [0.3, 0.4) is 0 Å². The predicted molar refractivity (Wildman–Crippen MR) is 62.8 cm³/mol. The molecule has 0 spiro atoms. The molecule has 1 amide bonds. The molecule has 0 aliphatic heterocycles. The number of hydrogen-bond donors (Lipinski definition) is 1. The van der Waals surface area contributed by atoms with Crippen molar-refractivity contribution in [3.63, 3.8) is 0 Å². The molecule has 2 N–H and O–H groups in total. The van der Waals surface area contributed by atoms with Gasteiger partial charge in [-0.05, 0) is 20.2 Å². The molecule has 1 heterocycles. The van der Waals surface area contributed by atoms with Crippen LogP contribution >= 0.6 is 0 Å². The van der Waals surface area contributed by atoms with Crippen LogP contribution in [0.4, 0.5) is 5.82 Å². The maximum atomic E-state index is 11.7. The predicted octanol–water partition coefficient (Wildman–Crippen LogP) is -0.515. The van der Waals surface area contributed by atoms with Crippen LogP contribution < -0.4 is 5.73 Å². The van der Waals surface area contributed by atoms with Gasteiger partial charge in [-0.1, -0.05) is 0 Å². The lowest BCUT2D eigenvalue weighted by Crippen LogP contribution is -2.35.